The number of hydrogen-bond donors (Lipinski definition) is 0. The number of ketones is 1. The average Bonchev–Trinajstić information content (AvgIpc) is 3.27. The quantitative estimate of drug-likeness (QED) is 0.696. The maximum atomic E-state index is 12.5. The lowest BCUT2D eigenvalue weighted by Crippen LogP contribution is -2.18. The number of unbranched alkanes of at least 4 members (excludes halogenated alkanes) is 1. The maximum absolute atomic E-state index is 12.5. The minimum atomic E-state index is 0.185. The molecule has 3 heteroatoms. The highest BCUT2D eigenvalue weighted by atomic mass is 32.2. The third kappa shape index (κ3) is 3.30. The van der Waals surface area contributed by atoms with Crippen LogP contribution in [0, 0.1) is 5.92 Å². The molecule has 0 N–H and O–H groups in total. The zero-order chi connectivity index (χ0) is 15.5. The summed E-state index contributed by atoms with van der Waals surface area (Å²) in [5.41, 5.74) is 2.56. The summed E-state index contributed by atoms with van der Waals surface area (Å²) in [7, 11) is 0. The Balaban J connectivity index is 1.64. The number of thioether (sulfide) groups is 1. The zero-order valence-electron chi connectivity index (χ0n) is 13.3. The Labute approximate surface area is 137 Å². The van der Waals surface area contributed by atoms with Gasteiger partial charge in [0.25, 0.3) is 0 Å². The van der Waals surface area contributed by atoms with Crippen LogP contribution in [-0.2, 0) is 4.79 Å². The molecule has 2 nitrogen and oxygen atoms in total. The largest absolute Gasteiger partial charge is 0.339 e. The summed E-state index contributed by atoms with van der Waals surface area (Å²) in [6.07, 6.45) is 5.21. The number of nitrogens with zero attached hydrogens (tertiary/aromatic N) is 1. The molecular formula is C19H23NOS. The molecule has 0 saturated heterocycles. The molecule has 1 fully saturated rings. The van der Waals surface area contributed by atoms with E-state index in [9.17, 15) is 4.79 Å². The summed E-state index contributed by atoms with van der Waals surface area (Å²) >= 11 is 1.68. The van der Waals surface area contributed by atoms with Crippen molar-refractivity contribution in [3.05, 3.63) is 58.1 Å². The second-order valence-corrected chi connectivity index (χ2v) is 7.02. The van der Waals surface area contributed by atoms with Crippen LogP contribution in [0.4, 0.5) is 0 Å². The Morgan fingerprint density at radius 2 is 2.14 bits per heavy atom. The minimum absolute atomic E-state index is 0.185. The smallest absolute Gasteiger partial charge is 0.162 e. The summed E-state index contributed by atoms with van der Waals surface area (Å²) in [6.45, 7) is 5.33. The first-order valence-corrected chi connectivity index (χ1v) is 9.00. The fourth-order valence-electron chi connectivity index (χ4n) is 2.97. The van der Waals surface area contributed by atoms with E-state index in [0.717, 1.165) is 24.4 Å². The lowest BCUT2D eigenvalue weighted by atomic mass is 10.1. The standard InChI is InChI=1S/C19H23NOS/c1-3-4-10-20-14(2)13-22-19(20)12-18(21)17-11-16(17)15-8-6-5-7-9-15/h5-9,12-13,16-17H,3-4,10-11H2,1-2H3/b19-12-. The van der Waals surface area contributed by atoms with Crippen LogP contribution in [0.1, 0.15) is 44.6 Å². The SMILES string of the molecule is CCCCN1C(C)=CS/C1=C\C(=O)C1CC1c1ccccc1. The molecule has 2 atom stereocenters. The molecule has 1 aromatic carbocycles. The third-order valence-electron chi connectivity index (χ3n) is 4.43. The van der Waals surface area contributed by atoms with E-state index in [1.54, 1.807) is 11.8 Å². The van der Waals surface area contributed by atoms with Crippen LogP contribution in [0.2, 0.25) is 0 Å². The highest BCUT2D eigenvalue weighted by Gasteiger charge is 2.43. The van der Waals surface area contributed by atoms with Crippen molar-refractivity contribution in [2.75, 3.05) is 6.54 Å². The van der Waals surface area contributed by atoms with Crippen molar-refractivity contribution >= 4 is 17.5 Å². The molecule has 1 aliphatic carbocycles. The van der Waals surface area contributed by atoms with Crippen molar-refractivity contribution in [1.29, 1.82) is 0 Å². The molecular weight excluding hydrogens is 290 g/mol. The number of benzene rings is 1. The van der Waals surface area contributed by atoms with Crippen molar-refractivity contribution < 1.29 is 4.79 Å². The number of rotatable bonds is 6. The van der Waals surface area contributed by atoms with Crippen LogP contribution < -0.4 is 0 Å². The molecule has 2 unspecified atom stereocenters. The van der Waals surface area contributed by atoms with Crippen molar-refractivity contribution in [2.24, 2.45) is 5.92 Å². The Morgan fingerprint density at radius 1 is 1.36 bits per heavy atom. The number of carbonyl (C=O) groups is 1. The summed E-state index contributed by atoms with van der Waals surface area (Å²) in [5.74, 6) is 0.903. The minimum Gasteiger partial charge on any atom is -0.339 e. The van der Waals surface area contributed by atoms with Crippen LogP contribution in [0.5, 0.6) is 0 Å². The fraction of sp³-hybridized carbons (Fsp3) is 0.421. The fourth-order valence-corrected chi connectivity index (χ4v) is 3.93. The van der Waals surface area contributed by atoms with Crippen molar-refractivity contribution in [1.82, 2.24) is 4.90 Å². The van der Waals surface area contributed by atoms with Gasteiger partial charge in [0.2, 0.25) is 0 Å². The van der Waals surface area contributed by atoms with Crippen molar-refractivity contribution in [2.45, 2.75) is 39.0 Å². The van der Waals surface area contributed by atoms with E-state index in [1.165, 1.54) is 17.7 Å². The monoisotopic (exact) mass is 313 g/mol. The predicted molar refractivity (Wildman–Crippen MR) is 93.3 cm³/mol. The zero-order valence-corrected chi connectivity index (χ0v) is 14.1. The molecule has 2 aliphatic rings. The molecule has 22 heavy (non-hydrogen) atoms. The van der Waals surface area contributed by atoms with Gasteiger partial charge >= 0.3 is 0 Å². The van der Waals surface area contributed by atoms with E-state index < -0.39 is 0 Å². The molecule has 1 aliphatic heterocycles. The van der Waals surface area contributed by atoms with E-state index in [2.05, 4.69) is 48.4 Å². The van der Waals surface area contributed by atoms with Crippen LogP contribution in [0.25, 0.3) is 0 Å². The number of allylic oxidation sites excluding steroid dienone is 2. The molecule has 0 amide bonds. The normalized spacial score (nSPS) is 25.5. The van der Waals surface area contributed by atoms with Crippen LogP contribution in [0.3, 0.4) is 0 Å². The first kappa shape index (κ1) is 15.4. The van der Waals surface area contributed by atoms with Gasteiger partial charge in [0, 0.05) is 24.2 Å². The summed E-state index contributed by atoms with van der Waals surface area (Å²) < 4.78 is 0. The first-order valence-electron chi connectivity index (χ1n) is 8.12. The topological polar surface area (TPSA) is 20.3 Å². The number of carbonyl (C=O) groups excluding carboxylic acids is 1. The van der Waals surface area contributed by atoms with Crippen molar-refractivity contribution in [3.8, 4) is 0 Å². The lowest BCUT2D eigenvalue weighted by Gasteiger charge is -2.21. The van der Waals surface area contributed by atoms with E-state index in [1.807, 2.05) is 12.1 Å². The average molecular weight is 313 g/mol. The lowest BCUT2D eigenvalue weighted by molar-refractivity contribution is -0.115. The molecule has 116 valence electrons. The summed E-state index contributed by atoms with van der Waals surface area (Å²) in [4.78, 5) is 14.8. The second-order valence-electron chi connectivity index (χ2n) is 6.13. The molecule has 1 saturated carbocycles. The van der Waals surface area contributed by atoms with Gasteiger partial charge in [0.15, 0.2) is 5.78 Å². The highest BCUT2D eigenvalue weighted by molar-refractivity contribution is 8.06. The van der Waals surface area contributed by atoms with E-state index in [-0.39, 0.29) is 5.92 Å². The maximum Gasteiger partial charge on any atom is 0.162 e. The van der Waals surface area contributed by atoms with Gasteiger partial charge in [-0.25, -0.2) is 0 Å². The van der Waals surface area contributed by atoms with Crippen molar-refractivity contribution in [3.63, 3.8) is 0 Å². The van der Waals surface area contributed by atoms with Gasteiger partial charge < -0.3 is 4.90 Å². The molecule has 0 spiro atoms. The van der Waals surface area contributed by atoms with Gasteiger partial charge in [-0.05, 0) is 36.7 Å². The highest BCUT2D eigenvalue weighted by Crippen LogP contribution is 2.48. The van der Waals surface area contributed by atoms with Crippen LogP contribution in [0.15, 0.2) is 52.5 Å². The Morgan fingerprint density at radius 3 is 2.86 bits per heavy atom. The Bertz CT molecular complexity index is 605. The van der Waals surface area contributed by atoms with Gasteiger partial charge in [-0.3, -0.25) is 4.79 Å². The molecule has 0 radical (unpaired) electrons. The molecule has 0 bridgehead atoms. The Kier molecular flexibility index (Phi) is 4.72. The van der Waals surface area contributed by atoms with Gasteiger partial charge in [-0.2, -0.15) is 0 Å². The second kappa shape index (κ2) is 6.74. The molecule has 3 rings (SSSR count). The first-order chi connectivity index (χ1) is 10.7. The van der Waals surface area contributed by atoms with Crippen LogP contribution >= 0.6 is 11.8 Å². The summed E-state index contributed by atoms with van der Waals surface area (Å²) in [5, 5.41) is 3.26. The van der Waals surface area contributed by atoms with Gasteiger partial charge in [-0.15, -0.1) is 0 Å². The molecule has 0 aromatic heterocycles. The van der Waals surface area contributed by atoms with Crippen LogP contribution in [-0.4, -0.2) is 17.2 Å². The molecule has 1 heterocycles. The Hall–Kier alpha value is -1.48. The summed E-state index contributed by atoms with van der Waals surface area (Å²) in [6, 6.07) is 10.4. The van der Waals surface area contributed by atoms with E-state index in [4.69, 9.17) is 0 Å². The van der Waals surface area contributed by atoms with Gasteiger partial charge in [-0.1, -0.05) is 55.4 Å². The third-order valence-corrected chi connectivity index (χ3v) is 5.47. The van der Waals surface area contributed by atoms with Gasteiger partial charge in [0.05, 0.1) is 5.03 Å². The van der Waals surface area contributed by atoms with E-state index in [0.29, 0.717) is 11.7 Å². The van der Waals surface area contributed by atoms with E-state index >= 15 is 0 Å². The molecule has 1 aromatic rings. The van der Waals surface area contributed by atoms with Gasteiger partial charge in [0.1, 0.15) is 0 Å². The number of hydrogen-bond acceptors (Lipinski definition) is 3. The predicted octanol–water partition coefficient (Wildman–Crippen LogP) is 4.91.